The van der Waals surface area contributed by atoms with E-state index in [0.717, 1.165) is 0 Å². The van der Waals surface area contributed by atoms with Crippen molar-refractivity contribution in [3.8, 4) is 0 Å². The van der Waals surface area contributed by atoms with Crippen LogP contribution in [0.1, 0.15) is 17.5 Å². The summed E-state index contributed by atoms with van der Waals surface area (Å²) in [5.41, 5.74) is 0.992. The highest BCUT2D eigenvalue weighted by molar-refractivity contribution is 6.31. The quantitative estimate of drug-likeness (QED) is 0.850. The van der Waals surface area contributed by atoms with Gasteiger partial charge in [0.25, 0.3) is 0 Å². The second-order valence-corrected chi connectivity index (χ2v) is 3.85. The molecule has 1 rings (SSSR count). The predicted octanol–water partition coefficient (Wildman–Crippen LogP) is 1.79. The first-order valence-corrected chi connectivity index (χ1v) is 5.24. The van der Waals surface area contributed by atoms with Crippen molar-refractivity contribution < 1.29 is 14.3 Å². The van der Waals surface area contributed by atoms with Crippen molar-refractivity contribution in [1.82, 2.24) is 5.32 Å². The molecule has 1 aromatic carbocycles. The van der Waals surface area contributed by atoms with Gasteiger partial charge in [-0.05, 0) is 30.2 Å². The number of carbonyl (C=O) groups is 1. The van der Waals surface area contributed by atoms with Gasteiger partial charge < -0.3 is 10.4 Å². The SMILES string of the molecule is Cc1cc(Cl)c(CNC(=O)CCO)cc1F. The van der Waals surface area contributed by atoms with Gasteiger partial charge in [0.15, 0.2) is 0 Å². The van der Waals surface area contributed by atoms with Crippen LogP contribution >= 0.6 is 11.6 Å². The lowest BCUT2D eigenvalue weighted by atomic mass is 10.1. The van der Waals surface area contributed by atoms with Crippen LogP contribution in [0.25, 0.3) is 0 Å². The van der Waals surface area contributed by atoms with E-state index in [-0.39, 0.29) is 31.3 Å². The number of aryl methyl sites for hydroxylation is 1. The Morgan fingerprint density at radius 1 is 1.56 bits per heavy atom. The summed E-state index contributed by atoms with van der Waals surface area (Å²) in [4.78, 5) is 11.1. The summed E-state index contributed by atoms with van der Waals surface area (Å²) in [6, 6.07) is 2.82. The molecule has 1 amide bonds. The molecule has 0 heterocycles. The Morgan fingerprint density at radius 2 is 2.25 bits per heavy atom. The van der Waals surface area contributed by atoms with Crippen molar-refractivity contribution in [3.63, 3.8) is 0 Å². The largest absolute Gasteiger partial charge is 0.396 e. The number of nitrogens with one attached hydrogen (secondary N) is 1. The van der Waals surface area contributed by atoms with Gasteiger partial charge >= 0.3 is 0 Å². The van der Waals surface area contributed by atoms with Gasteiger partial charge in [0.05, 0.1) is 6.61 Å². The molecule has 1 aromatic rings. The Morgan fingerprint density at radius 3 is 2.88 bits per heavy atom. The highest BCUT2D eigenvalue weighted by Gasteiger charge is 2.07. The van der Waals surface area contributed by atoms with Crippen LogP contribution in [0.4, 0.5) is 4.39 Å². The fourth-order valence-corrected chi connectivity index (χ4v) is 1.49. The molecular formula is C11H13ClFNO2. The highest BCUT2D eigenvalue weighted by Crippen LogP contribution is 2.20. The zero-order valence-corrected chi connectivity index (χ0v) is 9.64. The van der Waals surface area contributed by atoms with Gasteiger partial charge in [0.1, 0.15) is 5.82 Å². The second-order valence-electron chi connectivity index (χ2n) is 3.44. The fraction of sp³-hybridized carbons (Fsp3) is 0.364. The molecule has 16 heavy (non-hydrogen) atoms. The number of aliphatic hydroxyl groups is 1. The summed E-state index contributed by atoms with van der Waals surface area (Å²) in [6.07, 6.45) is 0.0337. The van der Waals surface area contributed by atoms with E-state index in [1.54, 1.807) is 6.92 Å². The average Bonchev–Trinajstić information content (AvgIpc) is 2.22. The van der Waals surface area contributed by atoms with Crippen molar-refractivity contribution in [3.05, 3.63) is 34.1 Å². The van der Waals surface area contributed by atoms with Crippen molar-refractivity contribution in [2.24, 2.45) is 0 Å². The third-order valence-corrected chi connectivity index (χ3v) is 2.49. The minimum atomic E-state index is -0.351. The number of hydrogen-bond acceptors (Lipinski definition) is 2. The van der Waals surface area contributed by atoms with Gasteiger partial charge in [-0.15, -0.1) is 0 Å². The van der Waals surface area contributed by atoms with Crippen molar-refractivity contribution in [1.29, 1.82) is 0 Å². The lowest BCUT2D eigenvalue weighted by molar-refractivity contribution is -0.121. The van der Waals surface area contributed by atoms with Gasteiger partial charge in [-0.1, -0.05) is 11.6 Å². The Bertz CT molecular complexity index is 396. The van der Waals surface area contributed by atoms with Gasteiger partial charge in [0, 0.05) is 18.0 Å². The number of aliphatic hydroxyl groups excluding tert-OH is 1. The van der Waals surface area contributed by atoms with E-state index in [4.69, 9.17) is 16.7 Å². The molecule has 88 valence electrons. The van der Waals surface area contributed by atoms with Crippen LogP contribution in [0.15, 0.2) is 12.1 Å². The number of carbonyl (C=O) groups excluding carboxylic acids is 1. The second kappa shape index (κ2) is 5.82. The maximum absolute atomic E-state index is 13.2. The molecule has 0 bridgehead atoms. The number of halogens is 2. The molecule has 0 unspecified atom stereocenters. The summed E-state index contributed by atoms with van der Waals surface area (Å²) in [7, 11) is 0. The van der Waals surface area contributed by atoms with Gasteiger partial charge in [-0.25, -0.2) is 4.39 Å². The summed E-state index contributed by atoms with van der Waals surface area (Å²) < 4.78 is 13.2. The molecule has 0 aliphatic heterocycles. The molecule has 0 aliphatic carbocycles. The van der Waals surface area contributed by atoms with Gasteiger partial charge in [0.2, 0.25) is 5.91 Å². The van der Waals surface area contributed by atoms with Crippen LogP contribution in [0.3, 0.4) is 0 Å². The lowest BCUT2D eigenvalue weighted by Crippen LogP contribution is -2.23. The molecule has 3 nitrogen and oxygen atoms in total. The Hall–Kier alpha value is -1.13. The summed E-state index contributed by atoms with van der Waals surface area (Å²) in [5.74, 6) is -0.643. The molecule has 5 heteroatoms. The van der Waals surface area contributed by atoms with Gasteiger partial charge in [-0.3, -0.25) is 4.79 Å². The van der Waals surface area contributed by atoms with Crippen LogP contribution in [0.5, 0.6) is 0 Å². The molecule has 0 radical (unpaired) electrons. The minimum absolute atomic E-state index is 0.0337. The Labute approximate surface area is 98.2 Å². The van der Waals surface area contributed by atoms with E-state index in [1.807, 2.05) is 0 Å². The normalized spacial score (nSPS) is 10.2. The minimum Gasteiger partial charge on any atom is -0.396 e. The van der Waals surface area contributed by atoms with Crippen LogP contribution in [0.2, 0.25) is 5.02 Å². The van der Waals surface area contributed by atoms with Gasteiger partial charge in [-0.2, -0.15) is 0 Å². The Kier molecular flexibility index (Phi) is 4.71. The topological polar surface area (TPSA) is 49.3 Å². The summed E-state index contributed by atoms with van der Waals surface area (Å²) >= 11 is 5.89. The van der Waals surface area contributed by atoms with Crippen LogP contribution in [0, 0.1) is 12.7 Å². The molecule has 0 spiro atoms. The number of hydrogen-bond donors (Lipinski definition) is 2. The maximum Gasteiger partial charge on any atom is 0.222 e. The molecule has 0 saturated heterocycles. The van der Waals surface area contributed by atoms with Crippen molar-refractivity contribution >= 4 is 17.5 Å². The molecular weight excluding hydrogens is 233 g/mol. The highest BCUT2D eigenvalue weighted by atomic mass is 35.5. The molecule has 2 N–H and O–H groups in total. The molecule has 0 saturated carbocycles. The van der Waals surface area contributed by atoms with E-state index in [2.05, 4.69) is 5.32 Å². The van der Waals surface area contributed by atoms with E-state index >= 15 is 0 Å². The molecule has 0 aromatic heterocycles. The van der Waals surface area contributed by atoms with E-state index < -0.39 is 0 Å². The lowest BCUT2D eigenvalue weighted by Gasteiger charge is -2.08. The van der Waals surface area contributed by atoms with Crippen molar-refractivity contribution in [2.75, 3.05) is 6.61 Å². The first-order valence-electron chi connectivity index (χ1n) is 4.86. The third kappa shape index (κ3) is 3.47. The number of rotatable bonds is 4. The van der Waals surface area contributed by atoms with Crippen LogP contribution in [-0.2, 0) is 11.3 Å². The fourth-order valence-electron chi connectivity index (χ4n) is 1.21. The first kappa shape index (κ1) is 12.9. The summed E-state index contributed by atoms with van der Waals surface area (Å²) in [5, 5.41) is 11.5. The average molecular weight is 246 g/mol. The zero-order valence-electron chi connectivity index (χ0n) is 8.89. The number of benzene rings is 1. The van der Waals surface area contributed by atoms with Crippen LogP contribution in [-0.4, -0.2) is 17.6 Å². The first-order chi connectivity index (χ1) is 7.54. The van der Waals surface area contributed by atoms with E-state index in [9.17, 15) is 9.18 Å². The molecule has 0 atom stereocenters. The standard InChI is InChI=1S/C11H13ClFNO2/c1-7-4-9(12)8(5-10(7)13)6-14-11(16)2-3-15/h4-5,15H,2-3,6H2,1H3,(H,14,16). The van der Waals surface area contributed by atoms with Crippen LogP contribution < -0.4 is 5.32 Å². The third-order valence-electron chi connectivity index (χ3n) is 2.14. The monoisotopic (exact) mass is 245 g/mol. The number of amides is 1. The van der Waals surface area contributed by atoms with Crippen molar-refractivity contribution in [2.45, 2.75) is 19.9 Å². The Balaban J connectivity index is 2.67. The van der Waals surface area contributed by atoms with E-state index in [0.29, 0.717) is 16.1 Å². The smallest absolute Gasteiger partial charge is 0.222 e. The summed E-state index contributed by atoms with van der Waals surface area (Å²) in [6.45, 7) is 1.58. The van der Waals surface area contributed by atoms with E-state index in [1.165, 1.54) is 12.1 Å². The zero-order chi connectivity index (χ0) is 12.1. The maximum atomic E-state index is 13.2. The molecule has 0 aliphatic rings. The predicted molar refractivity (Wildman–Crippen MR) is 59.7 cm³/mol. The molecule has 0 fully saturated rings.